The zero-order valence-electron chi connectivity index (χ0n) is 17.4. The topological polar surface area (TPSA) is 76.6 Å². The van der Waals surface area contributed by atoms with Gasteiger partial charge in [0.1, 0.15) is 25.5 Å². The van der Waals surface area contributed by atoms with E-state index < -0.39 is 0 Å². The van der Waals surface area contributed by atoms with Crippen LogP contribution < -0.4 is 9.88 Å². The Balaban J connectivity index is 1.99. The molecule has 0 spiro atoms. The van der Waals surface area contributed by atoms with E-state index in [0.717, 1.165) is 32.2 Å². The van der Waals surface area contributed by atoms with Crippen LogP contribution in [0.5, 0.6) is 0 Å². The Labute approximate surface area is 169 Å². The SMILES string of the molecule is CCCCCCCC[n+]1ccn(CCOC(=O)NCCCCCCN=C=O)c1. The fraction of sp³-hybridized carbons (Fsp3) is 0.762. The number of aryl methyl sites for hydroxylation is 1. The van der Waals surface area contributed by atoms with Crippen molar-refractivity contribution in [2.75, 3.05) is 19.7 Å². The van der Waals surface area contributed by atoms with Crippen LogP contribution in [0, 0.1) is 0 Å². The fourth-order valence-corrected chi connectivity index (χ4v) is 2.98. The van der Waals surface area contributed by atoms with Gasteiger partial charge in [0.2, 0.25) is 12.4 Å². The first-order valence-electron chi connectivity index (χ1n) is 10.8. The number of carbonyl (C=O) groups excluding carboxylic acids is 2. The van der Waals surface area contributed by atoms with Crippen LogP contribution in [0.3, 0.4) is 0 Å². The molecule has 1 aromatic rings. The van der Waals surface area contributed by atoms with Crippen molar-refractivity contribution in [3.8, 4) is 0 Å². The lowest BCUT2D eigenvalue weighted by Crippen LogP contribution is -2.31. The molecule has 0 atom stereocenters. The van der Waals surface area contributed by atoms with Gasteiger partial charge in [-0.2, -0.15) is 0 Å². The van der Waals surface area contributed by atoms with E-state index in [1.54, 1.807) is 0 Å². The normalized spacial score (nSPS) is 10.5. The Hall–Kier alpha value is -2.14. The molecule has 0 fully saturated rings. The van der Waals surface area contributed by atoms with Crippen molar-refractivity contribution < 1.29 is 18.9 Å². The van der Waals surface area contributed by atoms with Gasteiger partial charge in [0.25, 0.3) is 0 Å². The van der Waals surface area contributed by atoms with Crippen LogP contribution in [-0.4, -0.2) is 36.4 Å². The van der Waals surface area contributed by atoms with Crippen LogP contribution in [-0.2, 0) is 22.6 Å². The fourth-order valence-electron chi connectivity index (χ4n) is 2.98. The van der Waals surface area contributed by atoms with E-state index in [0.29, 0.717) is 26.2 Å². The molecule has 0 aliphatic rings. The Kier molecular flexibility index (Phi) is 14.5. The molecule has 158 valence electrons. The lowest BCUT2D eigenvalue weighted by atomic mass is 10.1. The molecule has 7 heteroatoms. The predicted molar refractivity (Wildman–Crippen MR) is 109 cm³/mol. The van der Waals surface area contributed by atoms with Gasteiger partial charge in [-0.05, 0) is 25.7 Å². The smallest absolute Gasteiger partial charge is 0.407 e. The highest BCUT2D eigenvalue weighted by Crippen LogP contribution is 2.04. The molecule has 0 bridgehead atoms. The molecule has 1 N–H and O–H groups in total. The summed E-state index contributed by atoms with van der Waals surface area (Å²) in [4.78, 5) is 25.1. The standard InChI is InChI=1S/C21H36N4O3/c1-2-3-4-5-8-11-14-24-15-16-25(20-24)17-18-28-21(27)23-13-10-7-6-9-12-22-19-26/h15-16,20H,2-14,17-18H2,1H3/p+1. The van der Waals surface area contributed by atoms with Gasteiger partial charge in [-0.3, -0.25) is 0 Å². The van der Waals surface area contributed by atoms with Crippen LogP contribution in [0.2, 0.25) is 0 Å². The lowest BCUT2D eigenvalue weighted by molar-refractivity contribution is -0.696. The predicted octanol–water partition coefficient (Wildman–Crippen LogP) is 3.76. The molecule has 0 radical (unpaired) electrons. The number of ether oxygens (including phenoxy) is 1. The van der Waals surface area contributed by atoms with Crippen molar-refractivity contribution >= 4 is 12.2 Å². The average molecular weight is 394 g/mol. The minimum Gasteiger partial charge on any atom is -0.445 e. The Morgan fingerprint density at radius 1 is 1.11 bits per heavy atom. The van der Waals surface area contributed by atoms with Gasteiger partial charge in [0, 0.05) is 6.54 Å². The zero-order valence-corrected chi connectivity index (χ0v) is 17.4. The maximum absolute atomic E-state index is 11.7. The largest absolute Gasteiger partial charge is 0.445 e. The molecule has 28 heavy (non-hydrogen) atoms. The molecule has 1 aromatic heterocycles. The van der Waals surface area contributed by atoms with Crippen LogP contribution in [0.25, 0.3) is 0 Å². The number of amides is 1. The molecule has 1 amide bonds. The van der Waals surface area contributed by atoms with E-state index >= 15 is 0 Å². The van der Waals surface area contributed by atoms with Crippen LogP contribution >= 0.6 is 0 Å². The molecule has 0 aliphatic heterocycles. The maximum Gasteiger partial charge on any atom is 0.407 e. The highest BCUT2D eigenvalue weighted by Gasteiger charge is 2.06. The van der Waals surface area contributed by atoms with Gasteiger partial charge in [-0.15, -0.1) is 0 Å². The maximum atomic E-state index is 11.7. The summed E-state index contributed by atoms with van der Waals surface area (Å²) in [6.07, 6.45) is 18.9. The van der Waals surface area contributed by atoms with Crippen LogP contribution in [0.15, 0.2) is 23.7 Å². The van der Waals surface area contributed by atoms with E-state index in [-0.39, 0.29) is 6.09 Å². The molecule has 1 rings (SSSR count). The van der Waals surface area contributed by atoms with E-state index in [1.165, 1.54) is 44.6 Å². The quantitative estimate of drug-likeness (QED) is 0.189. The lowest BCUT2D eigenvalue weighted by Gasteiger charge is -2.05. The molecular formula is C21H37N4O3+. The second-order valence-corrected chi connectivity index (χ2v) is 7.11. The van der Waals surface area contributed by atoms with Crippen molar-refractivity contribution in [2.45, 2.75) is 84.2 Å². The van der Waals surface area contributed by atoms with E-state index in [4.69, 9.17) is 4.74 Å². The van der Waals surface area contributed by atoms with Gasteiger partial charge in [-0.1, -0.05) is 45.4 Å². The van der Waals surface area contributed by atoms with E-state index in [1.807, 2.05) is 10.8 Å². The summed E-state index contributed by atoms with van der Waals surface area (Å²) in [6.45, 7) is 5.45. The molecule has 0 aliphatic carbocycles. The number of imidazole rings is 1. The van der Waals surface area contributed by atoms with Crippen molar-refractivity contribution in [2.24, 2.45) is 4.99 Å². The van der Waals surface area contributed by atoms with Gasteiger partial charge in [0.05, 0.1) is 13.1 Å². The summed E-state index contributed by atoms with van der Waals surface area (Å²) in [5.41, 5.74) is 0. The molecule has 0 unspecified atom stereocenters. The number of nitrogens with zero attached hydrogens (tertiary/aromatic N) is 3. The summed E-state index contributed by atoms with van der Waals surface area (Å²) in [5, 5.41) is 2.76. The average Bonchev–Trinajstić information content (AvgIpc) is 3.14. The van der Waals surface area contributed by atoms with Gasteiger partial charge in [-0.25, -0.2) is 23.7 Å². The van der Waals surface area contributed by atoms with Crippen molar-refractivity contribution in [1.29, 1.82) is 0 Å². The Bertz CT molecular complexity index is 568. The molecule has 0 saturated heterocycles. The molecule has 0 saturated carbocycles. The van der Waals surface area contributed by atoms with E-state index in [2.05, 4.69) is 34.3 Å². The second-order valence-electron chi connectivity index (χ2n) is 7.11. The Morgan fingerprint density at radius 2 is 1.86 bits per heavy atom. The van der Waals surface area contributed by atoms with Gasteiger partial charge >= 0.3 is 6.09 Å². The minimum atomic E-state index is -0.363. The third kappa shape index (κ3) is 13.1. The molecule has 7 nitrogen and oxygen atoms in total. The summed E-state index contributed by atoms with van der Waals surface area (Å²) in [6, 6.07) is 0. The van der Waals surface area contributed by atoms with Gasteiger partial charge in [0.15, 0.2) is 0 Å². The number of nitrogens with one attached hydrogen (secondary N) is 1. The highest BCUT2D eigenvalue weighted by molar-refractivity contribution is 5.66. The number of hydrogen-bond acceptors (Lipinski definition) is 4. The first kappa shape index (κ1) is 23.9. The van der Waals surface area contributed by atoms with Crippen LogP contribution in [0.1, 0.15) is 71.1 Å². The third-order valence-electron chi connectivity index (χ3n) is 4.63. The van der Waals surface area contributed by atoms with E-state index in [9.17, 15) is 9.59 Å². The monoisotopic (exact) mass is 393 g/mol. The number of alkyl carbamates (subject to hydrolysis) is 1. The number of rotatable bonds is 17. The minimum absolute atomic E-state index is 0.362. The second kappa shape index (κ2) is 17.0. The summed E-state index contributed by atoms with van der Waals surface area (Å²) in [7, 11) is 0. The third-order valence-corrected chi connectivity index (χ3v) is 4.63. The van der Waals surface area contributed by atoms with Crippen molar-refractivity contribution in [3.63, 3.8) is 0 Å². The first-order valence-corrected chi connectivity index (χ1v) is 10.8. The summed E-state index contributed by atoms with van der Waals surface area (Å²) < 4.78 is 9.46. The number of carbonyl (C=O) groups is 1. The molecule has 0 aromatic carbocycles. The van der Waals surface area contributed by atoms with Crippen molar-refractivity contribution in [3.05, 3.63) is 18.7 Å². The van der Waals surface area contributed by atoms with Gasteiger partial charge < -0.3 is 10.1 Å². The molecule has 1 heterocycles. The number of aromatic nitrogens is 2. The molecular weight excluding hydrogens is 356 g/mol. The highest BCUT2D eigenvalue weighted by atomic mass is 16.5. The zero-order chi connectivity index (χ0) is 20.3. The number of isocyanates is 1. The van der Waals surface area contributed by atoms with Crippen LogP contribution in [0.4, 0.5) is 4.79 Å². The first-order chi connectivity index (χ1) is 13.8. The number of hydrogen-bond donors (Lipinski definition) is 1. The summed E-state index contributed by atoms with van der Waals surface area (Å²) >= 11 is 0. The summed E-state index contributed by atoms with van der Waals surface area (Å²) in [5.74, 6) is 0. The number of aliphatic imine (C=N–C) groups is 1. The van der Waals surface area contributed by atoms with Crippen molar-refractivity contribution in [1.82, 2.24) is 9.88 Å². The number of unbranched alkanes of at least 4 members (excludes halogenated alkanes) is 8. The Morgan fingerprint density at radius 3 is 2.68 bits per heavy atom.